The summed E-state index contributed by atoms with van der Waals surface area (Å²) in [6, 6.07) is 41.6. The van der Waals surface area contributed by atoms with Gasteiger partial charge in [0.15, 0.2) is 0 Å². The van der Waals surface area contributed by atoms with Crippen molar-refractivity contribution in [1.29, 1.82) is 0 Å². The summed E-state index contributed by atoms with van der Waals surface area (Å²) in [4.78, 5) is 17.8. The van der Waals surface area contributed by atoms with Crippen molar-refractivity contribution in [3.63, 3.8) is 0 Å². The Morgan fingerprint density at radius 1 is 0.605 bits per heavy atom. The van der Waals surface area contributed by atoms with E-state index in [2.05, 4.69) is 94.7 Å². The van der Waals surface area contributed by atoms with Gasteiger partial charge in [0.2, 0.25) is 0 Å². The van der Waals surface area contributed by atoms with E-state index in [-0.39, 0.29) is 12.0 Å². The SMILES string of the molecule is COC(=O)[C@H](CCCN(Cc1ccccc1)Cc1ccccc1)N(Cc1ccccc1)Cc1ccccc1. The Balaban J connectivity index is 1.48. The van der Waals surface area contributed by atoms with Gasteiger partial charge in [-0.25, -0.2) is 0 Å². The normalized spacial score (nSPS) is 12.0. The summed E-state index contributed by atoms with van der Waals surface area (Å²) in [5, 5.41) is 0. The van der Waals surface area contributed by atoms with Gasteiger partial charge in [0, 0.05) is 26.2 Å². The smallest absolute Gasteiger partial charge is 0.323 e. The first-order valence-corrected chi connectivity index (χ1v) is 13.4. The summed E-state index contributed by atoms with van der Waals surface area (Å²) in [5.74, 6) is -0.172. The summed E-state index contributed by atoms with van der Waals surface area (Å²) in [5.41, 5.74) is 4.96. The third-order valence-electron chi connectivity index (χ3n) is 6.82. The second-order valence-corrected chi connectivity index (χ2v) is 9.74. The predicted molar refractivity (Wildman–Crippen MR) is 154 cm³/mol. The fraction of sp³-hybridized carbons (Fsp3) is 0.265. The maximum Gasteiger partial charge on any atom is 0.323 e. The number of nitrogens with zero attached hydrogens (tertiary/aromatic N) is 2. The van der Waals surface area contributed by atoms with Gasteiger partial charge in [-0.05, 0) is 41.6 Å². The van der Waals surface area contributed by atoms with Gasteiger partial charge in [-0.3, -0.25) is 14.6 Å². The maximum absolute atomic E-state index is 13.1. The molecule has 196 valence electrons. The molecule has 0 saturated heterocycles. The van der Waals surface area contributed by atoms with Gasteiger partial charge in [-0.1, -0.05) is 121 Å². The van der Waals surface area contributed by atoms with Crippen LogP contribution in [-0.4, -0.2) is 35.5 Å². The molecule has 4 nitrogen and oxygen atoms in total. The summed E-state index contributed by atoms with van der Waals surface area (Å²) < 4.78 is 5.32. The lowest BCUT2D eigenvalue weighted by Gasteiger charge is -2.31. The zero-order valence-corrected chi connectivity index (χ0v) is 22.3. The summed E-state index contributed by atoms with van der Waals surface area (Å²) in [6.45, 7) is 4.01. The third-order valence-corrected chi connectivity index (χ3v) is 6.82. The predicted octanol–water partition coefficient (Wildman–Crippen LogP) is 6.71. The van der Waals surface area contributed by atoms with Gasteiger partial charge in [-0.15, -0.1) is 0 Å². The minimum atomic E-state index is -0.323. The fourth-order valence-electron chi connectivity index (χ4n) is 4.90. The minimum Gasteiger partial charge on any atom is -0.468 e. The molecule has 38 heavy (non-hydrogen) atoms. The lowest BCUT2D eigenvalue weighted by Crippen LogP contribution is -2.41. The van der Waals surface area contributed by atoms with E-state index in [9.17, 15) is 4.79 Å². The van der Waals surface area contributed by atoms with E-state index >= 15 is 0 Å². The van der Waals surface area contributed by atoms with Gasteiger partial charge in [0.05, 0.1) is 7.11 Å². The number of carbonyl (C=O) groups is 1. The lowest BCUT2D eigenvalue weighted by molar-refractivity contribution is -0.148. The molecular formula is C34H38N2O2. The highest BCUT2D eigenvalue weighted by atomic mass is 16.5. The number of methoxy groups -OCH3 is 1. The molecule has 4 heteroatoms. The molecular weight excluding hydrogens is 468 g/mol. The van der Waals surface area contributed by atoms with Gasteiger partial charge in [0.25, 0.3) is 0 Å². The Morgan fingerprint density at radius 2 is 0.974 bits per heavy atom. The van der Waals surface area contributed by atoms with Crippen LogP contribution in [0.3, 0.4) is 0 Å². The summed E-state index contributed by atoms with van der Waals surface area (Å²) in [6.07, 6.45) is 1.62. The van der Waals surface area contributed by atoms with Crippen molar-refractivity contribution in [2.24, 2.45) is 0 Å². The fourth-order valence-corrected chi connectivity index (χ4v) is 4.90. The number of hydrogen-bond donors (Lipinski definition) is 0. The van der Waals surface area contributed by atoms with Crippen molar-refractivity contribution < 1.29 is 9.53 Å². The van der Waals surface area contributed by atoms with Crippen LogP contribution < -0.4 is 0 Å². The monoisotopic (exact) mass is 506 g/mol. The van der Waals surface area contributed by atoms with Gasteiger partial charge in [-0.2, -0.15) is 0 Å². The zero-order valence-electron chi connectivity index (χ0n) is 22.3. The quantitative estimate of drug-likeness (QED) is 0.178. The third kappa shape index (κ3) is 8.69. The number of ether oxygens (including phenoxy) is 1. The second-order valence-electron chi connectivity index (χ2n) is 9.74. The van der Waals surface area contributed by atoms with E-state index in [1.54, 1.807) is 0 Å². The highest BCUT2D eigenvalue weighted by molar-refractivity contribution is 5.75. The number of rotatable bonds is 14. The molecule has 0 bridgehead atoms. The average molecular weight is 507 g/mol. The van der Waals surface area contributed by atoms with Crippen LogP contribution in [0.2, 0.25) is 0 Å². The molecule has 0 aromatic heterocycles. The second kappa shape index (κ2) is 14.9. The van der Waals surface area contributed by atoms with Crippen LogP contribution in [-0.2, 0) is 35.7 Å². The first-order chi connectivity index (χ1) is 18.7. The van der Waals surface area contributed by atoms with Gasteiger partial charge < -0.3 is 4.74 Å². The van der Waals surface area contributed by atoms with Crippen LogP contribution in [0.4, 0.5) is 0 Å². The molecule has 0 amide bonds. The molecule has 0 aliphatic rings. The van der Waals surface area contributed by atoms with Crippen molar-refractivity contribution in [3.05, 3.63) is 144 Å². The van der Waals surface area contributed by atoms with E-state index in [0.717, 1.165) is 32.5 Å². The molecule has 1 atom stereocenters. The Hall–Kier alpha value is -3.73. The van der Waals surface area contributed by atoms with Gasteiger partial charge >= 0.3 is 5.97 Å². The van der Waals surface area contributed by atoms with Crippen LogP contribution in [0.5, 0.6) is 0 Å². The van der Waals surface area contributed by atoms with E-state index in [4.69, 9.17) is 4.74 Å². The number of esters is 1. The maximum atomic E-state index is 13.1. The van der Waals surface area contributed by atoms with E-state index in [0.29, 0.717) is 13.1 Å². The summed E-state index contributed by atoms with van der Waals surface area (Å²) >= 11 is 0. The molecule has 0 N–H and O–H groups in total. The van der Waals surface area contributed by atoms with Crippen molar-refractivity contribution in [3.8, 4) is 0 Å². The molecule has 0 saturated carbocycles. The van der Waals surface area contributed by atoms with Crippen LogP contribution >= 0.6 is 0 Å². The molecule has 0 unspecified atom stereocenters. The average Bonchev–Trinajstić information content (AvgIpc) is 2.97. The largest absolute Gasteiger partial charge is 0.468 e. The highest BCUT2D eigenvalue weighted by Crippen LogP contribution is 2.19. The van der Waals surface area contributed by atoms with Crippen LogP contribution in [0.25, 0.3) is 0 Å². The topological polar surface area (TPSA) is 32.8 Å². The first kappa shape index (κ1) is 27.3. The van der Waals surface area contributed by atoms with Crippen LogP contribution in [0.1, 0.15) is 35.1 Å². The molecule has 4 rings (SSSR count). The molecule has 4 aromatic carbocycles. The minimum absolute atomic E-state index is 0.172. The molecule has 0 aliphatic carbocycles. The molecule has 4 aromatic rings. The summed E-state index contributed by atoms with van der Waals surface area (Å²) in [7, 11) is 1.50. The Labute approximate surface area is 227 Å². The van der Waals surface area contributed by atoms with E-state index in [1.807, 2.05) is 36.4 Å². The van der Waals surface area contributed by atoms with E-state index < -0.39 is 0 Å². The molecule has 0 aliphatic heterocycles. The van der Waals surface area contributed by atoms with Crippen molar-refractivity contribution in [2.75, 3.05) is 13.7 Å². The van der Waals surface area contributed by atoms with Crippen LogP contribution in [0, 0.1) is 0 Å². The molecule has 0 spiro atoms. The van der Waals surface area contributed by atoms with Crippen molar-refractivity contribution in [1.82, 2.24) is 9.80 Å². The number of hydrogen-bond acceptors (Lipinski definition) is 4. The lowest BCUT2D eigenvalue weighted by atomic mass is 10.1. The molecule has 0 fully saturated rings. The van der Waals surface area contributed by atoms with Crippen LogP contribution in [0.15, 0.2) is 121 Å². The first-order valence-electron chi connectivity index (χ1n) is 13.4. The van der Waals surface area contributed by atoms with Crippen molar-refractivity contribution >= 4 is 5.97 Å². The molecule has 0 radical (unpaired) electrons. The Bertz CT molecular complexity index is 1120. The molecule has 0 heterocycles. The Morgan fingerprint density at radius 3 is 1.34 bits per heavy atom. The zero-order chi connectivity index (χ0) is 26.4. The van der Waals surface area contributed by atoms with Gasteiger partial charge in [0.1, 0.15) is 6.04 Å². The number of benzene rings is 4. The standard InChI is InChI=1S/C34H38N2O2/c1-38-34(37)33(36(27-31-19-10-4-11-20-31)28-32-21-12-5-13-22-32)23-14-24-35(25-29-15-6-2-7-16-29)26-30-17-8-3-9-18-30/h2-13,15-22,33H,14,23-28H2,1H3/t33-/m0/s1. The number of carbonyl (C=O) groups excluding carboxylic acids is 1. The Kier molecular flexibility index (Phi) is 10.7. The highest BCUT2D eigenvalue weighted by Gasteiger charge is 2.27. The van der Waals surface area contributed by atoms with E-state index in [1.165, 1.54) is 29.4 Å². The van der Waals surface area contributed by atoms with Crippen molar-refractivity contribution in [2.45, 2.75) is 45.1 Å².